The molecule has 158 valence electrons. The highest BCUT2D eigenvalue weighted by molar-refractivity contribution is 5.78. The van der Waals surface area contributed by atoms with Gasteiger partial charge >= 0.3 is 6.18 Å². The third-order valence-electron chi connectivity index (χ3n) is 6.24. The van der Waals surface area contributed by atoms with E-state index in [1.807, 2.05) is 4.90 Å². The fraction of sp³-hybridized carbons (Fsp3) is 0.650. The predicted molar refractivity (Wildman–Crippen MR) is 100.0 cm³/mol. The zero-order valence-electron chi connectivity index (χ0n) is 16.7. The summed E-state index contributed by atoms with van der Waals surface area (Å²) >= 11 is 0. The normalized spacial score (nSPS) is 20.2. The van der Waals surface area contributed by atoms with Crippen molar-refractivity contribution in [1.29, 1.82) is 5.26 Å². The lowest BCUT2D eigenvalue weighted by Crippen LogP contribution is -3.16. The van der Waals surface area contributed by atoms with E-state index in [1.165, 1.54) is 6.07 Å². The molecule has 6 nitrogen and oxygen atoms in total. The number of quaternary nitrogens is 1. The Morgan fingerprint density at radius 1 is 1.28 bits per heavy atom. The number of hydrogen-bond donors (Lipinski definition) is 1. The monoisotopic (exact) mass is 411 g/mol. The molecule has 3 rings (SSSR count). The van der Waals surface area contributed by atoms with Gasteiger partial charge in [-0.05, 0) is 18.9 Å². The maximum Gasteiger partial charge on any atom is 0.419 e. The topological polar surface area (TPSA) is 65.9 Å². The molecule has 2 aliphatic rings. The summed E-state index contributed by atoms with van der Waals surface area (Å²) in [6, 6.07) is 4.91. The van der Waals surface area contributed by atoms with Crippen LogP contribution >= 0.6 is 0 Å². The molecule has 1 aliphatic heterocycles. The molecule has 0 radical (unpaired) electrons. The quantitative estimate of drug-likeness (QED) is 0.801. The molecule has 1 aromatic rings. The average Bonchev–Trinajstić information content (AvgIpc) is 2.73. The minimum Gasteiger partial charge on any atom is -0.322 e. The van der Waals surface area contributed by atoms with Gasteiger partial charge in [-0.1, -0.05) is 19.3 Å². The van der Waals surface area contributed by atoms with Gasteiger partial charge in [0.1, 0.15) is 37.9 Å². The summed E-state index contributed by atoms with van der Waals surface area (Å²) in [7, 11) is 1.74. The minimum absolute atomic E-state index is 0.0157. The molecule has 0 spiro atoms. The van der Waals surface area contributed by atoms with Gasteiger partial charge in [-0.15, -0.1) is 0 Å². The van der Waals surface area contributed by atoms with Gasteiger partial charge in [-0.3, -0.25) is 9.69 Å². The van der Waals surface area contributed by atoms with Crippen molar-refractivity contribution in [2.24, 2.45) is 0 Å². The van der Waals surface area contributed by atoms with Gasteiger partial charge in [0.2, 0.25) is 0 Å². The van der Waals surface area contributed by atoms with Gasteiger partial charge in [0.05, 0.1) is 11.6 Å². The van der Waals surface area contributed by atoms with Gasteiger partial charge in [0, 0.05) is 13.1 Å². The van der Waals surface area contributed by atoms with Crippen LogP contribution in [0.1, 0.15) is 37.7 Å². The number of H-pyrrole nitrogens is 1. The van der Waals surface area contributed by atoms with Gasteiger partial charge in [0.15, 0.2) is 6.54 Å². The molecule has 1 aromatic heterocycles. The number of alkyl halides is 3. The van der Waals surface area contributed by atoms with E-state index in [1.54, 1.807) is 11.9 Å². The standard InChI is InChI=1S/C20H26F3N5O/c1-26(19(15-24)7-3-2-4-8-19)18(29)14-27-9-11-28(12-10-27)17-6-5-16(13-25-17)20(21,22)23/h5-6,13H,2-4,7-12,14H2,1H3/p+2. The van der Waals surface area contributed by atoms with Crippen LogP contribution in [-0.4, -0.2) is 56.1 Å². The lowest BCUT2D eigenvalue weighted by molar-refractivity contribution is -0.892. The number of carbonyl (C=O) groups is 1. The molecule has 1 saturated carbocycles. The maximum absolute atomic E-state index is 12.8. The Bertz CT molecular complexity index is 745. The number of anilines is 1. The molecule has 2 fully saturated rings. The van der Waals surface area contributed by atoms with Crippen molar-refractivity contribution in [2.45, 2.75) is 43.8 Å². The smallest absolute Gasteiger partial charge is 0.322 e. The fourth-order valence-electron chi connectivity index (χ4n) is 4.26. The molecule has 1 aliphatic carbocycles. The molecular weight excluding hydrogens is 383 g/mol. The predicted octanol–water partition coefficient (Wildman–Crippen LogP) is 0.909. The first kappa shape index (κ1) is 21.4. The third kappa shape index (κ3) is 4.81. The number of aromatic nitrogens is 1. The van der Waals surface area contributed by atoms with Gasteiger partial charge in [-0.25, -0.2) is 4.98 Å². The number of carbonyl (C=O) groups excluding carboxylic acids is 1. The highest BCUT2D eigenvalue weighted by atomic mass is 19.4. The van der Waals surface area contributed by atoms with E-state index < -0.39 is 17.3 Å². The molecule has 29 heavy (non-hydrogen) atoms. The van der Waals surface area contributed by atoms with Crippen LogP contribution in [0.4, 0.5) is 19.0 Å². The summed E-state index contributed by atoms with van der Waals surface area (Å²) in [5.74, 6) is 0.629. The molecule has 0 atom stereocenters. The van der Waals surface area contributed by atoms with Crippen LogP contribution < -0.4 is 14.8 Å². The van der Waals surface area contributed by atoms with Crippen LogP contribution in [0.25, 0.3) is 0 Å². The molecule has 9 heteroatoms. The summed E-state index contributed by atoms with van der Waals surface area (Å²) in [6.07, 6.45) is 1.15. The first-order valence-corrected chi connectivity index (χ1v) is 10.1. The number of amides is 1. The van der Waals surface area contributed by atoms with Crippen LogP contribution in [0.5, 0.6) is 0 Å². The number of nitrogens with zero attached hydrogens (tertiary/aromatic N) is 3. The van der Waals surface area contributed by atoms with E-state index in [0.717, 1.165) is 49.3 Å². The fourth-order valence-corrected chi connectivity index (χ4v) is 4.26. The van der Waals surface area contributed by atoms with Gasteiger partial charge in [-0.2, -0.15) is 18.4 Å². The first-order chi connectivity index (χ1) is 13.7. The molecule has 1 amide bonds. The number of aromatic amines is 1. The Morgan fingerprint density at radius 3 is 2.45 bits per heavy atom. The van der Waals surface area contributed by atoms with Crippen LogP contribution in [0, 0.1) is 11.3 Å². The van der Waals surface area contributed by atoms with E-state index in [-0.39, 0.29) is 5.91 Å². The highest BCUT2D eigenvalue weighted by Crippen LogP contribution is 2.32. The molecule has 0 bridgehead atoms. The number of pyridine rings is 1. The lowest BCUT2D eigenvalue weighted by Gasteiger charge is -2.39. The second-order valence-electron chi connectivity index (χ2n) is 8.03. The largest absolute Gasteiger partial charge is 0.419 e. The van der Waals surface area contributed by atoms with Crippen molar-refractivity contribution in [3.05, 3.63) is 23.9 Å². The average molecular weight is 411 g/mol. The molecule has 0 aromatic carbocycles. The number of piperazine rings is 1. The van der Waals surface area contributed by atoms with Crippen molar-refractivity contribution < 1.29 is 27.8 Å². The van der Waals surface area contributed by atoms with Crippen molar-refractivity contribution in [2.75, 3.05) is 44.7 Å². The van der Waals surface area contributed by atoms with Crippen molar-refractivity contribution in [3.8, 4) is 6.07 Å². The van der Waals surface area contributed by atoms with E-state index in [0.29, 0.717) is 38.5 Å². The highest BCUT2D eigenvalue weighted by Gasteiger charge is 2.40. The lowest BCUT2D eigenvalue weighted by atomic mass is 9.81. The summed E-state index contributed by atoms with van der Waals surface area (Å²) < 4.78 is 38.1. The van der Waals surface area contributed by atoms with Crippen molar-refractivity contribution >= 4 is 11.7 Å². The van der Waals surface area contributed by atoms with Crippen LogP contribution in [-0.2, 0) is 11.0 Å². The number of nitrogens with one attached hydrogen (secondary N) is 2. The maximum atomic E-state index is 12.8. The van der Waals surface area contributed by atoms with Crippen molar-refractivity contribution in [3.63, 3.8) is 0 Å². The Morgan fingerprint density at radius 2 is 1.93 bits per heavy atom. The number of nitriles is 1. The Kier molecular flexibility index (Phi) is 6.32. The van der Waals surface area contributed by atoms with Gasteiger partial charge < -0.3 is 9.80 Å². The summed E-state index contributed by atoms with van der Waals surface area (Å²) in [6.45, 7) is 3.07. The second-order valence-corrected chi connectivity index (χ2v) is 8.03. The second kappa shape index (κ2) is 8.57. The summed E-state index contributed by atoms with van der Waals surface area (Å²) in [4.78, 5) is 20.3. The van der Waals surface area contributed by atoms with E-state index in [4.69, 9.17) is 0 Å². The summed E-state index contributed by atoms with van der Waals surface area (Å²) in [5.41, 5.74) is -1.38. The number of hydrogen-bond acceptors (Lipinski definition) is 3. The molecule has 2 N–H and O–H groups in total. The van der Waals surface area contributed by atoms with E-state index >= 15 is 0 Å². The summed E-state index contributed by atoms with van der Waals surface area (Å²) in [5, 5.41) is 9.67. The van der Waals surface area contributed by atoms with Crippen molar-refractivity contribution in [1.82, 2.24) is 4.90 Å². The Labute approximate surface area is 168 Å². The van der Waals surface area contributed by atoms with Crippen LogP contribution in [0.15, 0.2) is 18.3 Å². The number of likely N-dealkylation sites (N-methyl/N-ethyl adjacent to an activating group) is 1. The zero-order valence-corrected chi connectivity index (χ0v) is 16.7. The van der Waals surface area contributed by atoms with Crippen LogP contribution in [0.3, 0.4) is 0 Å². The molecule has 1 saturated heterocycles. The SMILES string of the molecule is CN(C(=O)C[NH+]1CCN(c2ccc(C(F)(F)F)c[nH+]2)CC1)C1(C#N)CCCCC1. The molecular formula is C20H28F3N5O+2. The van der Waals surface area contributed by atoms with Crippen LogP contribution in [0.2, 0.25) is 0 Å². The Balaban J connectivity index is 1.53. The van der Waals surface area contributed by atoms with E-state index in [2.05, 4.69) is 11.1 Å². The zero-order chi connectivity index (χ0) is 21.1. The molecule has 2 heterocycles. The molecule has 0 unspecified atom stereocenters. The van der Waals surface area contributed by atoms with E-state index in [9.17, 15) is 23.2 Å². The number of rotatable bonds is 4. The minimum atomic E-state index is -4.36. The Hall–Kier alpha value is -2.34. The number of halogens is 3. The first-order valence-electron chi connectivity index (χ1n) is 10.1. The van der Waals surface area contributed by atoms with Gasteiger partial charge in [0.25, 0.3) is 11.7 Å². The third-order valence-corrected chi connectivity index (χ3v) is 6.24.